The topological polar surface area (TPSA) is 63.2 Å². The number of ketones is 1. The molecule has 0 atom stereocenters. The predicted octanol–water partition coefficient (Wildman–Crippen LogP) is 2.31. The molecule has 2 aromatic rings. The molecule has 0 bridgehead atoms. The number of hydrogen-bond donors (Lipinski definition) is 0. The highest BCUT2D eigenvalue weighted by atomic mass is 35.5. The summed E-state index contributed by atoms with van der Waals surface area (Å²) in [5.41, 5.74) is 1.07. The van der Waals surface area contributed by atoms with Gasteiger partial charge < -0.3 is 0 Å². The van der Waals surface area contributed by atoms with E-state index in [1.807, 2.05) is 0 Å². The van der Waals surface area contributed by atoms with Gasteiger partial charge in [-0.05, 0) is 36.8 Å². The molecule has 3 rings (SSSR count). The molecule has 0 spiro atoms. The molecule has 0 radical (unpaired) electrons. The van der Waals surface area contributed by atoms with Crippen molar-refractivity contribution >= 4 is 29.0 Å². The standard InChI is InChI=1S/C14H9ClFN3O2/c1-7-4-9-12(10(16)5-7)19(14(21)13(9)20)6-8-2-3-11(15)18-17-8/h2-5H,6H2,1H3. The summed E-state index contributed by atoms with van der Waals surface area (Å²) in [7, 11) is 0. The summed E-state index contributed by atoms with van der Waals surface area (Å²) in [4.78, 5) is 25.0. The van der Waals surface area contributed by atoms with Crippen LogP contribution < -0.4 is 4.90 Å². The van der Waals surface area contributed by atoms with Crippen molar-refractivity contribution in [1.82, 2.24) is 10.2 Å². The minimum Gasteiger partial charge on any atom is -0.296 e. The van der Waals surface area contributed by atoms with E-state index >= 15 is 0 Å². The molecule has 2 heterocycles. The van der Waals surface area contributed by atoms with E-state index in [2.05, 4.69) is 10.2 Å². The van der Waals surface area contributed by atoms with Crippen LogP contribution in [0.1, 0.15) is 21.6 Å². The molecule has 1 aliphatic rings. The maximum atomic E-state index is 14.1. The number of aromatic nitrogens is 2. The molecular formula is C14H9ClFN3O2. The second kappa shape index (κ2) is 4.89. The number of fused-ring (bicyclic) bond motifs is 1. The average molecular weight is 306 g/mol. The number of amides is 1. The molecule has 0 saturated carbocycles. The van der Waals surface area contributed by atoms with Crippen molar-refractivity contribution in [3.8, 4) is 0 Å². The highest BCUT2D eigenvalue weighted by Gasteiger charge is 2.38. The average Bonchev–Trinajstić information content (AvgIpc) is 2.67. The monoisotopic (exact) mass is 305 g/mol. The zero-order chi connectivity index (χ0) is 15.1. The Morgan fingerprint density at radius 1 is 1.24 bits per heavy atom. The van der Waals surface area contributed by atoms with Crippen molar-refractivity contribution in [3.63, 3.8) is 0 Å². The second-order valence-electron chi connectivity index (χ2n) is 4.71. The number of aryl methyl sites for hydroxylation is 1. The summed E-state index contributed by atoms with van der Waals surface area (Å²) in [6.07, 6.45) is 0. The minimum atomic E-state index is -0.772. The van der Waals surface area contributed by atoms with Crippen molar-refractivity contribution in [2.24, 2.45) is 0 Å². The van der Waals surface area contributed by atoms with Crippen LogP contribution in [0, 0.1) is 12.7 Å². The van der Waals surface area contributed by atoms with Gasteiger partial charge >= 0.3 is 0 Å². The zero-order valence-electron chi connectivity index (χ0n) is 10.9. The number of hydrogen-bond acceptors (Lipinski definition) is 4. The molecule has 106 valence electrons. The van der Waals surface area contributed by atoms with Crippen LogP contribution in [-0.4, -0.2) is 21.9 Å². The summed E-state index contributed by atoms with van der Waals surface area (Å²) < 4.78 is 14.1. The van der Waals surface area contributed by atoms with Gasteiger partial charge in [0.2, 0.25) is 0 Å². The van der Waals surface area contributed by atoms with E-state index in [0.29, 0.717) is 11.3 Å². The van der Waals surface area contributed by atoms with Crippen LogP contribution in [0.4, 0.5) is 10.1 Å². The molecule has 1 aromatic carbocycles. The number of carbonyl (C=O) groups excluding carboxylic acids is 2. The Balaban J connectivity index is 2.03. The first kappa shape index (κ1) is 13.6. The van der Waals surface area contributed by atoms with Crippen LogP contribution in [0.25, 0.3) is 0 Å². The highest BCUT2D eigenvalue weighted by Crippen LogP contribution is 2.33. The van der Waals surface area contributed by atoms with Gasteiger partial charge in [0, 0.05) is 0 Å². The van der Waals surface area contributed by atoms with Crippen molar-refractivity contribution in [3.05, 3.63) is 52.1 Å². The predicted molar refractivity (Wildman–Crippen MR) is 73.7 cm³/mol. The third-order valence-corrected chi connectivity index (χ3v) is 3.37. The van der Waals surface area contributed by atoms with Crippen molar-refractivity contribution in [2.45, 2.75) is 13.5 Å². The Bertz CT molecular complexity index is 762. The molecular weight excluding hydrogens is 297 g/mol. The van der Waals surface area contributed by atoms with Gasteiger partial charge in [0.05, 0.1) is 23.5 Å². The van der Waals surface area contributed by atoms with Gasteiger partial charge in [-0.1, -0.05) is 11.6 Å². The van der Waals surface area contributed by atoms with Gasteiger partial charge in [-0.25, -0.2) is 4.39 Å². The fourth-order valence-electron chi connectivity index (χ4n) is 2.26. The fourth-order valence-corrected chi connectivity index (χ4v) is 2.36. The third kappa shape index (κ3) is 2.27. The number of Topliss-reactive ketones (excluding diaryl/α,β-unsaturated/α-hetero) is 1. The quantitative estimate of drug-likeness (QED) is 0.799. The second-order valence-corrected chi connectivity index (χ2v) is 5.10. The molecule has 0 aliphatic carbocycles. The number of nitrogens with zero attached hydrogens (tertiary/aromatic N) is 3. The summed E-state index contributed by atoms with van der Waals surface area (Å²) in [6.45, 7) is 1.62. The van der Waals surface area contributed by atoms with Gasteiger partial charge in [-0.3, -0.25) is 14.5 Å². The number of carbonyl (C=O) groups is 2. The first-order valence-electron chi connectivity index (χ1n) is 6.12. The van der Waals surface area contributed by atoms with E-state index < -0.39 is 17.5 Å². The normalized spacial score (nSPS) is 13.8. The minimum absolute atomic E-state index is 0.00708. The van der Waals surface area contributed by atoms with Gasteiger partial charge in [0.25, 0.3) is 11.7 Å². The Morgan fingerprint density at radius 2 is 2.00 bits per heavy atom. The molecule has 5 nitrogen and oxygen atoms in total. The van der Waals surface area contributed by atoms with E-state index in [1.54, 1.807) is 13.0 Å². The fraction of sp³-hybridized carbons (Fsp3) is 0.143. The van der Waals surface area contributed by atoms with E-state index in [-0.39, 0.29) is 22.9 Å². The molecule has 21 heavy (non-hydrogen) atoms. The van der Waals surface area contributed by atoms with Crippen LogP contribution in [0.5, 0.6) is 0 Å². The number of anilines is 1. The molecule has 0 saturated heterocycles. The molecule has 0 unspecified atom stereocenters. The maximum Gasteiger partial charge on any atom is 0.299 e. The maximum absolute atomic E-state index is 14.1. The van der Waals surface area contributed by atoms with Crippen LogP contribution in [-0.2, 0) is 11.3 Å². The summed E-state index contributed by atoms with van der Waals surface area (Å²) in [6, 6.07) is 5.87. The van der Waals surface area contributed by atoms with E-state index in [4.69, 9.17) is 11.6 Å². The molecule has 1 amide bonds. The number of rotatable bonds is 2. The first-order valence-corrected chi connectivity index (χ1v) is 6.49. The summed E-state index contributed by atoms with van der Waals surface area (Å²) >= 11 is 5.64. The molecule has 0 N–H and O–H groups in total. The lowest BCUT2D eigenvalue weighted by Crippen LogP contribution is -2.30. The summed E-state index contributed by atoms with van der Waals surface area (Å²) in [5.74, 6) is -2.09. The van der Waals surface area contributed by atoms with E-state index in [0.717, 1.165) is 4.90 Å². The van der Waals surface area contributed by atoms with Crippen LogP contribution in [0.3, 0.4) is 0 Å². The van der Waals surface area contributed by atoms with Gasteiger partial charge in [-0.2, -0.15) is 5.10 Å². The Hall–Kier alpha value is -2.34. The molecule has 1 aromatic heterocycles. The SMILES string of the molecule is Cc1cc(F)c2c(c1)C(=O)C(=O)N2Cc1ccc(Cl)nn1. The number of benzene rings is 1. The number of halogens is 2. The van der Waals surface area contributed by atoms with E-state index in [9.17, 15) is 14.0 Å². The van der Waals surface area contributed by atoms with Crippen LogP contribution >= 0.6 is 11.6 Å². The van der Waals surface area contributed by atoms with E-state index in [1.165, 1.54) is 18.2 Å². The Morgan fingerprint density at radius 3 is 2.67 bits per heavy atom. The molecule has 1 aliphatic heterocycles. The Kier molecular flexibility index (Phi) is 3.17. The lowest BCUT2D eigenvalue weighted by molar-refractivity contribution is -0.114. The highest BCUT2D eigenvalue weighted by molar-refractivity contribution is 6.52. The van der Waals surface area contributed by atoms with Crippen LogP contribution in [0.2, 0.25) is 5.15 Å². The molecule has 7 heteroatoms. The van der Waals surface area contributed by atoms with Gasteiger partial charge in [-0.15, -0.1) is 5.10 Å². The van der Waals surface area contributed by atoms with Gasteiger partial charge in [0.1, 0.15) is 5.82 Å². The zero-order valence-corrected chi connectivity index (χ0v) is 11.7. The smallest absolute Gasteiger partial charge is 0.296 e. The summed E-state index contributed by atoms with van der Waals surface area (Å²) in [5, 5.41) is 7.68. The molecule has 0 fully saturated rings. The lowest BCUT2D eigenvalue weighted by Gasteiger charge is -2.16. The van der Waals surface area contributed by atoms with Crippen molar-refractivity contribution < 1.29 is 14.0 Å². The van der Waals surface area contributed by atoms with Crippen molar-refractivity contribution in [1.29, 1.82) is 0 Å². The first-order chi connectivity index (χ1) is 9.97. The Labute approximate surface area is 124 Å². The lowest BCUT2D eigenvalue weighted by atomic mass is 10.1. The van der Waals surface area contributed by atoms with Crippen LogP contribution in [0.15, 0.2) is 24.3 Å². The third-order valence-electron chi connectivity index (χ3n) is 3.17. The van der Waals surface area contributed by atoms with Gasteiger partial charge in [0.15, 0.2) is 5.15 Å². The van der Waals surface area contributed by atoms with Crippen molar-refractivity contribution in [2.75, 3.05) is 4.90 Å². The largest absolute Gasteiger partial charge is 0.299 e.